The van der Waals surface area contributed by atoms with E-state index in [2.05, 4.69) is 17.6 Å². The highest BCUT2D eigenvalue weighted by Gasteiger charge is 2.05. The topological polar surface area (TPSA) is 50.4 Å². The predicted molar refractivity (Wildman–Crippen MR) is 57.3 cm³/mol. The van der Waals surface area contributed by atoms with Gasteiger partial charge in [0.1, 0.15) is 0 Å². The van der Waals surface area contributed by atoms with Crippen molar-refractivity contribution in [2.24, 2.45) is 0 Å². The van der Waals surface area contributed by atoms with Crippen LogP contribution >= 0.6 is 0 Å². The van der Waals surface area contributed by atoms with Crippen LogP contribution in [0.25, 0.3) is 0 Å². The van der Waals surface area contributed by atoms with E-state index >= 15 is 0 Å². The first-order chi connectivity index (χ1) is 6.70. The molecule has 0 spiro atoms. The van der Waals surface area contributed by atoms with Crippen molar-refractivity contribution in [1.29, 1.82) is 0 Å². The molecule has 1 unspecified atom stereocenters. The summed E-state index contributed by atoms with van der Waals surface area (Å²) in [5.41, 5.74) is 0. The molecule has 2 N–H and O–H groups in total. The molecule has 4 heteroatoms. The molecule has 0 aromatic carbocycles. The number of carbonyl (C=O) groups is 1. The lowest BCUT2D eigenvalue weighted by atomic mass is 10.3. The zero-order chi connectivity index (χ0) is 10.8. The molecule has 1 atom stereocenters. The standard InChI is InChI=1S/C10H22N2O2/c1-4-6-11-7-10(13)12-9(3)8-14-5-2/h9,11H,4-8H2,1-3H3,(H,12,13). The van der Waals surface area contributed by atoms with Gasteiger partial charge in [-0.3, -0.25) is 4.79 Å². The second kappa shape index (κ2) is 8.97. The summed E-state index contributed by atoms with van der Waals surface area (Å²) >= 11 is 0. The van der Waals surface area contributed by atoms with Crippen LogP contribution in [0.3, 0.4) is 0 Å². The highest BCUT2D eigenvalue weighted by Crippen LogP contribution is 1.83. The average molecular weight is 202 g/mol. The van der Waals surface area contributed by atoms with Crippen molar-refractivity contribution in [1.82, 2.24) is 10.6 Å². The second-order valence-corrected chi connectivity index (χ2v) is 3.30. The molecule has 0 heterocycles. The molecule has 14 heavy (non-hydrogen) atoms. The first-order valence-corrected chi connectivity index (χ1v) is 5.28. The van der Waals surface area contributed by atoms with Crippen molar-refractivity contribution >= 4 is 5.91 Å². The van der Waals surface area contributed by atoms with Crippen molar-refractivity contribution in [3.63, 3.8) is 0 Å². The van der Waals surface area contributed by atoms with Crippen LogP contribution in [0.5, 0.6) is 0 Å². The number of amides is 1. The monoisotopic (exact) mass is 202 g/mol. The predicted octanol–water partition coefficient (Wildman–Crippen LogP) is 0.527. The lowest BCUT2D eigenvalue weighted by Crippen LogP contribution is -2.41. The third-order valence-corrected chi connectivity index (χ3v) is 1.69. The summed E-state index contributed by atoms with van der Waals surface area (Å²) < 4.78 is 5.19. The van der Waals surface area contributed by atoms with Crippen molar-refractivity contribution in [3.05, 3.63) is 0 Å². The molecule has 0 fully saturated rings. The molecule has 0 aliphatic carbocycles. The molecule has 1 amide bonds. The maximum absolute atomic E-state index is 11.3. The lowest BCUT2D eigenvalue weighted by Gasteiger charge is -2.13. The number of ether oxygens (including phenoxy) is 1. The average Bonchev–Trinajstić information content (AvgIpc) is 2.15. The lowest BCUT2D eigenvalue weighted by molar-refractivity contribution is -0.121. The fourth-order valence-electron chi connectivity index (χ4n) is 1.04. The van der Waals surface area contributed by atoms with Gasteiger partial charge in [-0.25, -0.2) is 0 Å². The van der Waals surface area contributed by atoms with Crippen molar-refractivity contribution in [2.45, 2.75) is 33.2 Å². The first kappa shape index (κ1) is 13.4. The van der Waals surface area contributed by atoms with Gasteiger partial charge in [-0.05, 0) is 26.8 Å². The summed E-state index contributed by atoms with van der Waals surface area (Å²) in [6, 6.07) is 0.0888. The SMILES string of the molecule is CCCNCC(=O)NC(C)COCC. The van der Waals surface area contributed by atoms with E-state index < -0.39 is 0 Å². The first-order valence-electron chi connectivity index (χ1n) is 5.28. The number of carbonyl (C=O) groups excluding carboxylic acids is 1. The van der Waals surface area contributed by atoms with Crippen LogP contribution in [0.15, 0.2) is 0 Å². The summed E-state index contributed by atoms with van der Waals surface area (Å²) in [5.74, 6) is 0.0330. The van der Waals surface area contributed by atoms with E-state index in [4.69, 9.17) is 4.74 Å². The summed E-state index contributed by atoms with van der Waals surface area (Å²) in [7, 11) is 0. The molecule has 0 bridgehead atoms. The molecule has 0 aliphatic rings. The summed E-state index contributed by atoms with van der Waals surface area (Å²) in [5, 5.41) is 5.89. The molecule has 0 rings (SSSR count). The van der Waals surface area contributed by atoms with Crippen molar-refractivity contribution in [2.75, 3.05) is 26.3 Å². The van der Waals surface area contributed by atoms with Gasteiger partial charge in [0.15, 0.2) is 0 Å². The minimum Gasteiger partial charge on any atom is -0.380 e. The Morgan fingerprint density at radius 2 is 2.14 bits per heavy atom. The molecular weight excluding hydrogens is 180 g/mol. The maximum Gasteiger partial charge on any atom is 0.234 e. The zero-order valence-corrected chi connectivity index (χ0v) is 9.43. The van der Waals surface area contributed by atoms with Crippen LogP contribution in [0.2, 0.25) is 0 Å². The molecule has 0 aromatic heterocycles. The summed E-state index contributed by atoms with van der Waals surface area (Å²) in [6.45, 7) is 8.50. The molecule has 0 radical (unpaired) electrons. The van der Waals surface area contributed by atoms with Gasteiger partial charge in [-0.1, -0.05) is 6.92 Å². The summed E-state index contributed by atoms with van der Waals surface area (Å²) in [6.07, 6.45) is 1.04. The molecule has 84 valence electrons. The molecule has 0 saturated heterocycles. The third-order valence-electron chi connectivity index (χ3n) is 1.69. The van der Waals surface area contributed by atoms with Crippen LogP contribution in [-0.2, 0) is 9.53 Å². The van der Waals surface area contributed by atoms with E-state index in [0.717, 1.165) is 13.0 Å². The molecule has 0 aliphatic heterocycles. The molecule has 4 nitrogen and oxygen atoms in total. The number of nitrogens with one attached hydrogen (secondary N) is 2. The van der Waals surface area contributed by atoms with Crippen LogP contribution in [-0.4, -0.2) is 38.3 Å². The van der Waals surface area contributed by atoms with E-state index in [9.17, 15) is 4.79 Å². The van der Waals surface area contributed by atoms with Crippen molar-refractivity contribution < 1.29 is 9.53 Å². The van der Waals surface area contributed by atoms with Crippen LogP contribution < -0.4 is 10.6 Å². The van der Waals surface area contributed by atoms with Gasteiger partial charge in [0.05, 0.1) is 13.2 Å². The van der Waals surface area contributed by atoms with E-state index in [1.807, 2.05) is 13.8 Å². The van der Waals surface area contributed by atoms with Crippen LogP contribution in [0.4, 0.5) is 0 Å². The van der Waals surface area contributed by atoms with E-state index in [1.165, 1.54) is 0 Å². The Hall–Kier alpha value is -0.610. The van der Waals surface area contributed by atoms with E-state index in [-0.39, 0.29) is 11.9 Å². The van der Waals surface area contributed by atoms with Crippen LogP contribution in [0, 0.1) is 0 Å². The largest absolute Gasteiger partial charge is 0.380 e. The van der Waals surface area contributed by atoms with Gasteiger partial charge >= 0.3 is 0 Å². The van der Waals surface area contributed by atoms with Crippen LogP contribution in [0.1, 0.15) is 27.2 Å². The maximum atomic E-state index is 11.3. The van der Waals surface area contributed by atoms with Gasteiger partial charge in [-0.15, -0.1) is 0 Å². The Balaban J connectivity index is 3.40. The van der Waals surface area contributed by atoms with E-state index in [1.54, 1.807) is 0 Å². The number of hydrogen-bond donors (Lipinski definition) is 2. The van der Waals surface area contributed by atoms with E-state index in [0.29, 0.717) is 19.8 Å². The molecular formula is C10H22N2O2. The number of hydrogen-bond acceptors (Lipinski definition) is 3. The van der Waals surface area contributed by atoms with Gasteiger partial charge < -0.3 is 15.4 Å². The Kier molecular flexibility index (Phi) is 8.57. The fraction of sp³-hybridized carbons (Fsp3) is 0.900. The fourth-order valence-corrected chi connectivity index (χ4v) is 1.04. The Morgan fingerprint density at radius 1 is 1.43 bits per heavy atom. The smallest absolute Gasteiger partial charge is 0.234 e. The Morgan fingerprint density at radius 3 is 2.71 bits per heavy atom. The van der Waals surface area contributed by atoms with Crippen molar-refractivity contribution in [3.8, 4) is 0 Å². The van der Waals surface area contributed by atoms with Gasteiger partial charge in [0, 0.05) is 12.6 Å². The highest BCUT2D eigenvalue weighted by atomic mass is 16.5. The Bertz CT molecular complexity index is 151. The molecule has 0 saturated carbocycles. The minimum atomic E-state index is 0.0330. The van der Waals surface area contributed by atoms with Gasteiger partial charge in [0.2, 0.25) is 5.91 Å². The zero-order valence-electron chi connectivity index (χ0n) is 9.43. The minimum absolute atomic E-state index is 0.0330. The van der Waals surface area contributed by atoms with Gasteiger partial charge in [0.25, 0.3) is 0 Å². The highest BCUT2D eigenvalue weighted by molar-refractivity contribution is 5.78. The summed E-state index contributed by atoms with van der Waals surface area (Å²) in [4.78, 5) is 11.3. The quantitative estimate of drug-likeness (QED) is 0.564. The molecule has 0 aromatic rings. The third kappa shape index (κ3) is 8.01. The second-order valence-electron chi connectivity index (χ2n) is 3.30. The number of rotatable bonds is 8. The Labute approximate surface area is 86.4 Å². The van der Waals surface area contributed by atoms with Gasteiger partial charge in [-0.2, -0.15) is 0 Å². The normalized spacial score (nSPS) is 12.5.